The second-order valence-electron chi connectivity index (χ2n) is 4.83. The van der Waals surface area contributed by atoms with E-state index >= 15 is 0 Å². The molecule has 4 nitrogen and oxygen atoms in total. The molecule has 0 spiro atoms. The average Bonchev–Trinajstić information content (AvgIpc) is 2.12. The largest absolute Gasteiger partial charge is 0.338 e. The molecule has 2 amide bonds. The number of likely N-dealkylation sites (tertiary alicyclic amines) is 1. The molecule has 0 aromatic carbocycles. The van der Waals surface area contributed by atoms with Crippen LogP contribution in [0.25, 0.3) is 0 Å². The van der Waals surface area contributed by atoms with Gasteiger partial charge < -0.3 is 16.0 Å². The zero-order valence-electron chi connectivity index (χ0n) is 10.0. The summed E-state index contributed by atoms with van der Waals surface area (Å²) in [6.45, 7) is 8.45. The summed E-state index contributed by atoms with van der Waals surface area (Å²) >= 11 is 0. The van der Waals surface area contributed by atoms with Crippen molar-refractivity contribution in [3.8, 4) is 0 Å². The van der Waals surface area contributed by atoms with Gasteiger partial charge in [0.2, 0.25) is 0 Å². The predicted octanol–water partition coefficient (Wildman–Crippen LogP) is 1.17. The number of rotatable bonds is 4. The van der Waals surface area contributed by atoms with Crippen molar-refractivity contribution in [3.05, 3.63) is 0 Å². The third-order valence-electron chi connectivity index (χ3n) is 3.21. The maximum absolute atomic E-state index is 11.6. The first-order chi connectivity index (χ1) is 6.99. The summed E-state index contributed by atoms with van der Waals surface area (Å²) in [5, 5.41) is 2.89. The number of carbonyl (C=O) groups is 1. The van der Waals surface area contributed by atoms with Crippen LogP contribution >= 0.6 is 0 Å². The number of nitrogens with zero attached hydrogens (tertiary/aromatic N) is 1. The number of nitrogens with one attached hydrogen (secondary N) is 1. The normalized spacial score (nSPS) is 18.9. The Bertz CT molecular complexity index is 222. The first-order valence-electron chi connectivity index (χ1n) is 5.81. The Morgan fingerprint density at radius 1 is 1.53 bits per heavy atom. The Balaban J connectivity index is 2.23. The van der Waals surface area contributed by atoms with Gasteiger partial charge >= 0.3 is 6.03 Å². The topological polar surface area (TPSA) is 58.4 Å². The number of unbranched alkanes of at least 4 members (excludes halogenated alkanes) is 1. The zero-order valence-corrected chi connectivity index (χ0v) is 10.0. The SMILES string of the molecule is CCCCNC(=O)N1CC(N)(C(C)C)C1. The lowest BCUT2D eigenvalue weighted by Crippen LogP contribution is -2.72. The van der Waals surface area contributed by atoms with E-state index in [0.717, 1.165) is 19.4 Å². The molecule has 15 heavy (non-hydrogen) atoms. The Labute approximate surface area is 92.2 Å². The molecular formula is C11H23N3O. The van der Waals surface area contributed by atoms with Gasteiger partial charge in [0.25, 0.3) is 0 Å². The molecule has 0 atom stereocenters. The molecular weight excluding hydrogens is 190 g/mol. The van der Waals surface area contributed by atoms with Gasteiger partial charge in [-0.3, -0.25) is 0 Å². The third kappa shape index (κ3) is 2.84. The lowest BCUT2D eigenvalue weighted by Gasteiger charge is -2.50. The van der Waals surface area contributed by atoms with Crippen molar-refractivity contribution in [3.63, 3.8) is 0 Å². The summed E-state index contributed by atoms with van der Waals surface area (Å²) in [5.74, 6) is 0.428. The van der Waals surface area contributed by atoms with Gasteiger partial charge in [-0.2, -0.15) is 0 Å². The van der Waals surface area contributed by atoms with Crippen molar-refractivity contribution < 1.29 is 4.79 Å². The van der Waals surface area contributed by atoms with E-state index in [1.54, 1.807) is 4.90 Å². The van der Waals surface area contributed by atoms with Crippen molar-refractivity contribution in [1.82, 2.24) is 10.2 Å². The van der Waals surface area contributed by atoms with Gasteiger partial charge in [-0.15, -0.1) is 0 Å². The molecule has 0 aromatic heterocycles. The number of amides is 2. The molecule has 4 heteroatoms. The summed E-state index contributed by atoms with van der Waals surface area (Å²) in [5.41, 5.74) is 5.94. The van der Waals surface area contributed by atoms with Crippen molar-refractivity contribution in [2.45, 2.75) is 39.2 Å². The molecule has 0 aliphatic carbocycles. The fourth-order valence-corrected chi connectivity index (χ4v) is 1.66. The van der Waals surface area contributed by atoms with E-state index in [9.17, 15) is 4.79 Å². The Hall–Kier alpha value is -0.770. The standard InChI is InChI=1S/C11H23N3O/c1-4-5-6-13-10(15)14-7-11(12,8-14)9(2)3/h9H,4-8,12H2,1-3H3,(H,13,15). The van der Waals surface area contributed by atoms with Gasteiger partial charge in [-0.1, -0.05) is 27.2 Å². The van der Waals surface area contributed by atoms with Gasteiger partial charge in [0.1, 0.15) is 0 Å². The molecule has 1 heterocycles. The van der Waals surface area contributed by atoms with Crippen LogP contribution in [0, 0.1) is 5.92 Å². The highest BCUT2D eigenvalue weighted by atomic mass is 16.2. The van der Waals surface area contributed by atoms with Crippen LogP contribution in [0.2, 0.25) is 0 Å². The van der Waals surface area contributed by atoms with Crippen molar-refractivity contribution in [1.29, 1.82) is 0 Å². The van der Waals surface area contributed by atoms with E-state index in [0.29, 0.717) is 19.0 Å². The molecule has 0 unspecified atom stereocenters. The molecule has 3 N–H and O–H groups in total. The van der Waals surface area contributed by atoms with Crippen LogP contribution in [0.4, 0.5) is 4.79 Å². The Morgan fingerprint density at radius 3 is 2.60 bits per heavy atom. The van der Waals surface area contributed by atoms with Gasteiger partial charge in [-0.05, 0) is 12.3 Å². The van der Waals surface area contributed by atoms with E-state index in [4.69, 9.17) is 5.73 Å². The van der Waals surface area contributed by atoms with Crippen LogP contribution in [0.5, 0.6) is 0 Å². The minimum absolute atomic E-state index is 0.0326. The summed E-state index contributed by atoms with van der Waals surface area (Å²) in [4.78, 5) is 13.4. The molecule has 0 bridgehead atoms. The van der Waals surface area contributed by atoms with Crippen LogP contribution in [-0.4, -0.2) is 36.1 Å². The number of hydrogen-bond donors (Lipinski definition) is 2. The van der Waals surface area contributed by atoms with Crippen molar-refractivity contribution in [2.75, 3.05) is 19.6 Å². The van der Waals surface area contributed by atoms with Crippen LogP contribution in [0.1, 0.15) is 33.6 Å². The number of urea groups is 1. The van der Waals surface area contributed by atoms with Gasteiger partial charge in [0, 0.05) is 19.6 Å². The monoisotopic (exact) mass is 213 g/mol. The second-order valence-corrected chi connectivity index (χ2v) is 4.83. The molecule has 1 aliphatic rings. The summed E-state index contributed by atoms with van der Waals surface area (Å²) < 4.78 is 0. The fraction of sp³-hybridized carbons (Fsp3) is 0.909. The average molecular weight is 213 g/mol. The minimum atomic E-state index is -0.165. The summed E-state index contributed by atoms with van der Waals surface area (Å²) in [7, 11) is 0. The number of nitrogens with two attached hydrogens (primary N) is 1. The van der Waals surface area contributed by atoms with E-state index in [1.165, 1.54) is 0 Å². The zero-order chi connectivity index (χ0) is 11.5. The molecule has 1 saturated heterocycles. The molecule has 0 saturated carbocycles. The molecule has 1 aliphatic heterocycles. The van der Waals surface area contributed by atoms with Crippen LogP contribution in [0.3, 0.4) is 0 Å². The van der Waals surface area contributed by atoms with Gasteiger partial charge in [0.05, 0.1) is 5.54 Å². The first-order valence-corrected chi connectivity index (χ1v) is 5.81. The van der Waals surface area contributed by atoms with Crippen molar-refractivity contribution in [2.24, 2.45) is 11.7 Å². The van der Waals surface area contributed by atoms with Crippen LogP contribution in [0.15, 0.2) is 0 Å². The molecule has 1 rings (SSSR count). The van der Waals surface area contributed by atoms with E-state index in [-0.39, 0.29) is 11.6 Å². The highest BCUT2D eigenvalue weighted by Crippen LogP contribution is 2.25. The summed E-state index contributed by atoms with van der Waals surface area (Å²) in [6, 6.07) is 0.0326. The highest BCUT2D eigenvalue weighted by Gasteiger charge is 2.43. The number of hydrogen-bond acceptors (Lipinski definition) is 2. The molecule has 0 radical (unpaired) electrons. The lowest BCUT2D eigenvalue weighted by atomic mass is 9.80. The molecule has 0 aromatic rings. The smallest absolute Gasteiger partial charge is 0.317 e. The lowest BCUT2D eigenvalue weighted by molar-refractivity contribution is 0.0656. The van der Waals surface area contributed by atoms with E-state index < -0.39 is 0 Å². The summed E-state index contributed by atoms with van der Waals surface area (Å²) in [6.07, 6.45) is 2.14. The van der Waals surface area contributed by atoms with Crippen LogP contribution < -0.4 is 11.1 Å². The minimum Gasteiger partial charge on any atom is -0.338 e. The Kier molecular flexibility index (Phi) is 3.97. The molecule has 88 valence electrons. The number of carbonyl (C=O) groups excluding carboxylic acids is 1. The quantitative estimate of drug-likeness (QED) is 0.689. The van der Waals surface area contributed by atoms with Gasteiger partial charge in [0.15, 0.2) is 0 Å². The predicted molar refractivity (Wildman–Crippen MR) is 61.6 cm³/mol. The maximum Gasteiger partial charge on any atom is 0.317 e. The van der Waals surface area contributed by atoms with E-state index in [2.05, 4.69) is 26.1 Å². The third-order valence-corrected chi connectivity index (χ3v) is 3.21. The molecule has 1 fully saturated rings. The van der Waals surface area contributed by atoms with Crippen molar-refractivity contribution >= 4 is 6.03 Å². The fourth-order valence-electron chi connectivity index (χ4n) is 1.66. The maximum atomic E-state index is 11.6. The Morgan fingerprint density at radius 2 is 2.13 bits per heavy atom. The second kappa shape index (κ2) is 4.84. The van der Waals surface area contributed by atoms with Crippen LogP contribution in [-0.2, 0) is 0 Å². The first kappa shape index (κ1) is 12.3. The van der Waals surface area contributed by atoms with Gasteiger partial charge in [-0.25, -0.2) is 4.79 Å². The highest BCUT2D eigenvalue weighted by molar-refractivity contribution is 5.75. The van der Waals surface area contributed by atoms with E-state index in [1.807, 2.05) is 0 Å².